The number of likely N-dealkylation sites (tertiary alicyclic amines) is 1. The van der Waals surface area contributed by atoms with Crippen molar-refractivity contribution in [1.29, 1.82) is 0 Å². The summed E-state index contributed by atoms with van der Waals surface area (Å²) >= 11 is 0. The predicted molar refractivity (Wildman–Crippen MR) is 88.7 cm³/mol. The van der Waals surface area contributed by atoms with E-state index < -0.39 is 48.7 Å². The molecule has 2 amide bonds. The second-order valence-corrected chi connectivity index (χ2v) is 5.96. The van der Waals surface area contributed by atoms with Crippen molar-refractivity contribution in [3.05, 3.63) is 0 Å². The Morgan fingerprint density at radius 1 is 1.21 bits per heavy atom. The molecule has 1 aliphatic heterocycles. The Labute approximate surface area is 156 Å². The highest BCUT2D eigenvalue weighted by molar-refractivity contribution is 6.40. The lowest BCUT2D eigenvalue weighted by Gasteiger charge is -2.25. The highest BCUT2D eigenvalue weighted by atomic mass is 19.4. The lowest BCUT2D eigenvalue weighted by molar-refractivity contribution is -0.192. The molecule has 16 heteroatoms. The quantitative estimate of drug-likeness (QED) is 0.148. The van der Waals surface area contributed by atoms with Crippen molar-refractivity contribution in [3.63, 3.8) is 0 Å². The molecule has 0 aromatic carbocycles. The normalized spacial score (nSPS) is 21.4. The van der Waals surface area contributed by atoms with Crippen LogP contribution in [0.5, 0.6) is 0 Å². The second-order valence-electron chi connectivity index (χ2n) is 5.96. The number of amides is 2. The van der Waals surface area contributed by atoms with E-state index in [2.05, 4.69) is 4.99 Å². The Balaban J connectivity index is 0.000000887. The van der Waals surface area contributed by atoms with Gasteiger partial charge in [0.15, 0.2) is 5.96 Å². The number of aliphatic carboxylic acids is 2. The van der Waals surface area contributed by atoms with Crippen LogP contribution in [-0.2, 0) is 9.59 Å². The zero-order valence-electron chi connectivity index (χ0n) is 14.5. The van der Waals surface area contributed by atoms with Gasteiger partial charge in [-0.2, -0.15) is 18.2 Å². The summed E-state index contributed by atoms with van der Waals surface area (Å²) < 4.78 is 31.7. The minimum absolute atomic E-state index is 0.0972. The summed E-state index contributed by atoms with van der Waals surface area (Å²) in [4.78, 5) is 36.5. The number of halogens is 3. The van der Waals surface area contributed by atoms with Gasteiger partial charge in [0.2, 0.25) is 0 Å². The minimum atomic E-state index is -5.08. The van der Waals surface area contributed by atoms with E-state index in [1.54, 1.807) is 0 Å². The number of carboxylic acids is 2. The van der Waals surface area contributed by atoms with Crippen molar-refractivity contribution in [3.8, 4) is 0 Å². The Hall–Kier alpha value is -2.59. The number of rotatable bonds is 5. The van der Waals surface area contributed by atoms with E-state index in [0.29, 0.717) is 12.8 Å². The van der Waals surface area contributed by atoms with Crippen LogP contribution in [0.4, 0.5) is 18.0 Å². The first-order valence-electron chi connectivity index (χ1n) is 7.68. The number of alkyl halides is 3. The number of carboxylic acid groups (broad SMARTS) is 2. The van der Waals surface area contributed by atoms with E-state index in [-0.39, 0.29) is 19.4 Å². The molecule has 12 nitrogen and oxygen atoms in total. The Morgan fingerprint density at radius 2 is 1.71 bits per heavy atom. The number of nitrogens with two attached hydrogens (primary N) is 3. The summed E-state index contributed by atoms with van der Waals surface area (Å²) in [5.41, 5.74) is 14.5. The van der Waals surface area contributed by atoms with Crippen LogP contribution in [0.3, 0.4) is 0 Å². The SMILES string of the molecule is NC(N)=NC(=O)N1C[C@@H](CCCB(O)O)[C@@](N)(C(=O)O)C1.O=C(O)C(F)(F)F. The fraction of sp³-hybridized carbons (Fsp3) is 0.667. The van der Waals surface area contributed by atoms with E-state index in [0.717, 1.165) is 0 Å². The third kappa shape index (κ3) is 7.97. The molecule has 0 unspecified atom stereocenters. The smallest absolute Gasteiger partial charge is 0.480 e. The first-order valence-corrected chi connectivity index (χ1v) is 7.68. The van der Waals surface area contributed by atoms with Crippen LogP contribution in [0.15, 0.2) is 4.99 Å². The van der Waals surface area contributed by atoms with Crippen molar-refractivity contribution in [2.24, 2.45) is 28.1 Å². The Kier molecular flexibility index (Phi) is 9.16. The number of urea groups is 1. The van der Waals surface area contributed by atoms with Gasteiger partial charge in [-0.1, -0.05) is 6.42 Å². The first kappa shape index (κ1) is 25.4. The maximum Gasteiger partial charge on any atom is 0.490 e. The molecule has 0 aromatic heterocycles. The molecule has 1 heterocycles. The van der Waals surface area contributed by atoms with Crippen LogP contribution in [0.2, 0.25) is 6.32 Å². The third-order valence-electron chi connectivity index (χ3n) is 3.77. The van der Waals surface area contributed by atoms with Crippen molar-refractivity contribution in [2.45, 2.75) is 30.9 Å². The standard InChI is InChI=1S/C10H20BN5O5.C2HF3O2/c12-8(13)15-9(19)16-4-6(2-1-3-11(20)21)10(14,5-16)7(17)18;3-2(4,5)1(6)7/h6,20-21H,1-5,14H2,(H,17,18)(H4,12,13,15,19);(H,6,7)/t6-,10-;/m1./s1. The topological polar surface area (TPSA) is 226 Å². The predicted octanol–water partition coefficient (Wildman–Crippen LogP) is -2.02. The molecule has 2 atom stereocenters. The molecular weight excluding hydrogens is 394 g/mol. The van der Waals surface area contributed by atoms with Crippen molar-refractivity contribution in [2.75, 3.05) is 13.1 Å². The summed E-state index contributed by atoms with van der Waals surface area (Å²) in [7, 11) is -1.46. The van der Waals surface area contributed by atoms with Crippen LogP contribution < -0.4 is 17.2 Å². The zero-order valence-corrected chi connectivity index (χ0v) is 14.5. The number of nitrogens with zero attached hydrogens (tertiary/aromatic N) is 2. The van der Waals surface area contributed by atoms with E-state index in [9.17, 15) is 27.9 Å². The third-order valence-corrected chi connectivity index (χ3v) is 3.77. The molecular formula is C12H21BF3N5O7. The molecule has 0 saturated carbocycles. The van der Waals surface area contributed by atoms with Gasteiger partial charge in [-0.3, -0.25) is 4.79 Å². The summed E-state index contributed by atoms with van der Waals surface area (Å²) in [6.45, 7) is -0.107. The van der Waals surface area contributed by atoms with Gasteiger partial charge in [0.25, 0.3) is 0 Å². The minimum Gasteiger partial charge on any atom is -0.480 e. The number of hydrogen-bond donors (Lipinski definition) is 7. The first-order chi connectivity index (χ1) is 12.6. The highest BCUT2D eigenvalue weighted by Crippen LogP contribution is 2.30. The fourth-order valence-corrected chi connectivity index (χ4v) is 2.40. The van der Waals surface area contributed by atoms with Gasteiger partial charge in [0, 0.05) is 12.5 Å². The number of carbonyl (C=O) groups is 3. The zero-order chi connectivity index (χ0) is 22.3. The van der Waals surface area contributed by atoms with Gasteiger partial charge in [-0.05, 0) is 12.7 Å². The molecule has 0 bridgehead atoms. The van der Waals surface area contributed by atoms with Crippen LogP contribution >= 0.6 is 0 Å². The molecule has 10 N–H and O–H groups in total. The van der Waals surface area contributed by atoms with Crippen molar-refractivity contribution < 1.29 is 47.8 Å². The van der Waals surface area contributed by atoms with Gasteiger partial charge >= 0.3 is 31.3 Å². The summed E-state index contributed by atoms with van der Waals surface area (Å²) in [5, 5.41) is 34.0. The highest BCUT2D eigenvalue weighted by Gasteiger charge is 2.50. The van der Waals surface area contributed by atoms with Crippen LogP contribution in [0.1, 0.15) is 12.8 Å². The molecule has 0 radical (unpaired) electrons. The van der Waals surface area contributed by atoms with Crippen LogP contribution in [-0.4, -0.2) is 81.0 Å². The van der Waals surface area contributed by atoms with E-state index in [4.69, 9.17) is 37.2 Å². The molecule has 0 aliphatic carbocycles. The van der Waals surface area contributed by atoms with Crippen molar-refractivity contribution >= 4 is 31.0 Å². The van der Waals surface area contributed by atoms with Gasteiger partial charge in [0.1, 0.15) is 5.54 Å². The number of guanidine groups is 1. The number of aliphatic imine (C=N–C) groups is 1. The van der Waals surface area contributed by atoms with Gasteiger partial charge < -0.3 is 42.4 Å². The van der Waals surface area contributed by atoms with E-state index in [1.807, 2.05) is 0 Å². The lowest BCUT2D eigenvalue weighted by Crippen LogP contribution is -2.55. The lowest BCUT2D eigenvalue weighted by atomic mass is 9.78. The molecule has 1 rings (SSSR count). The second kappa shape index (κ2) is 10.1. The van der Waals surface area contributed by atoms with Gasteiger partial charge in [0.05, 0.1) is 6.54 Å². The average molecular weight is 415 g/mol. The number of carbonyl (C=O) groups excluding carboxylic acids is 1. The Morgan fingerprint density at radius 3 is 2.07 bits per heavy atom. The Bertz CT molecular complexity index is 615. The van der Waals surface area contributed by atoms with Gasteiger partial charge in [-0.25, -0.2) is 9.59 Å². The molecule has 160 valence electrons. The molecule has 1 aliphatic rings. The van der Waals surface area contributed by atoms with Crippen LogP contribution in [0.25, 0.3) is 0 Å². The summed E-state index contributed by atoms with van der Waals surface area (Å²) in [5.74, 6) is -4.92. The van der Waals surface area contributed by atoms with E-state index in [1.165, 1.54) is 4.90 Å². The maximum atomic E-state index is 11.7. The van der Waals surface area contributed by atoms with E-state index >= 15 is 0 Å². The van der Waals surface area contributed by atoms with Crippen LogP contribution in [0, 0.1) is 5.92 Å². The molecule has 1 fully saturated rings. The molecule has 0 spiro atoms. The van der Waals surface area contributed by atoms with Crippen molar-refractivity contribution in [1.82, 2.24) is 4.90 Å². The largest absolute Gasteiger partial charge is 0.490 e. The monoisotopic (exact) mass is 415 g/mol. The summed E-state index contributed by atoms with van der Waals surface area (Å²) in [6, 6.07) is -0.740. The average Bonchev–Trinajstić information content (AvgIpc) is 2.85. The maximum absolute atomic E-state index is 11.7. The molecule has 0 aromatic rings. The molecule has 28 heavy (non-hydrogen) atoms. The number of hydrogen-bond acceptors (Lipinski definition) is 6. The van der Waals surface area contributed by atoms with Gasteiger partial charge in [-0.15, -0.1) is 0 Å². The fourth-order valence-electron chi connectivity index (χ4n) is 2.40. The molecule has 1 saturated heterocycles. The summed E-state index contributed by atoms with van der Waals surface area (Å²) in [6.07, 6.45) is -4.26.